The Balaban J connectivity index is 1.52. The number of pyridine rings is 1. The second-order valence-electron chi connectivity index (χ2n) is 5.09. The second kappa shape index (κ2) is 6.78. The van der Waals surface area contributed by atoms with Crippen molar-refractivity contribution in [2.75, 3.05) is 7.05 Å². The highest BCUT2D eigenvalue weighted by Gasteiger charge is 2.10. The lowest BCUT2D eigenvalue weighted by Crippen LogP contribution is -2.36. The van der Waals surface area contributed by atoms with E-state index in [4.69, 9.17) is 4.42 Å². The van der Waals surface area contributed by atoms with Gasteiger partial charge in [-0.05, 0) is 23.8 Å². The molecule has 0 aliphatic heterocycles. The van der Waals surface area contributed by atoms with Gasteiger partial charge in [-0.3, -0.25) is 4.57 Å². The summed E-state index contributed by atoms with van der Waals surface area (Å²) in [5.74, 6) is 1.53. The number of hydrogen-bond donors (Lipinski definition) is 1. The molecule has 3 aromatic rings. The van der Waals surface area contributed by atoms with Crippen LogP contribution in [0.25, 0.3) is 5.82 Å². The summed E-state index contributed by atoms with van der Waals surface area (Å²) >= 11 is 0. The van der Waals surface area contributed by atoms with Crippen molar-refractivity contribution in [2.24, 2.45) is 0 Å². The molecule has 23 heavy (non-hydrogen) atoms. The average Bonchev–Trinajstić information content (AvgIpc) is 3.26. The smallest absolute Gasteiger partial charge is 0.317 e. The zero-order valence-corrected chi connectivity index (χ0v) is 12.7. The van der Waals surface area contributed by atoms with E-state index in [1.165, 1.54) is 0 Å². The van der Waals surface area contributed by atoms with E-state index in [1.807, 2.05) is 29.0 Å². The van der Waals surface area contributed by atoms with E-state index in [-0.39, 0.29) is 6.03 Å². The first-order valence-corrected chi connectivity index (χ1v) is 7.17. The number of carbonyl (C=O) groups is 1. The van der Waals surface area contributed by atoms with E-state index in [0.717, 1.165) is 17.1 Å². The third-order valence-corrected chi connectivity index (χ3v) is 3.34. The van der Waals surface area contributed by atoms with E-state index >= 15 is 0 Å². The van der Waals surface area contributed by atoms with Crippen molar-refractivity contribution in [1.29, 1.82) is 0 Å². The molecule has 0 radical (unpaired) electrons. The lowest BCUT2D eigenvalue weighted by molar-refractivity contribution is 0.202. The molecule has 3 aromatic heterocycles. The zero-order chi connectivity index (χ0) is 16.1. The van der Waals surface area contributed by atoms with Crippen LogP contribution in [0, 0.1) is 0 Å². The van der Waals surface area contributed by atoms with Crippen molar-refractivity contribution in [1.82, 2.24) is 24.8 Å². The van der Waals surface area contributed by atoms with Gasteiger partial charge in [0.2, 0.25) is 0 Å². The largest absolute Gasteiger partial charge is 0.467 e. The number of furan rings is 1. The molecular weight excluding hydrogens is 294 g/mol. The van der Waals surface area contributed by atoms with Gasteiger partial charge in [-0.15, -0.1) is 0 Å². The first kappa shape index (κ1) is 14.8. The third kappa shape index (κ3) is 3.76. The third-order valence-electron chi connectivity index (χ3n) is 3.34. The molecule has 7 heteroatoms. The molecule has 0 bridgehead atoms. The van der Waals surface area contributed by atoms with Crippen LogP contribution in [0.4, 0.5) is 4.79 Å². The summed E-state index contributed by atoms with van der Waals surface area (Å²) in [5, 5.41) is 2.85. The molecule has 3 heterocycles. The monoisotopic (exact) mass is 311 g/mol. The number of amides is 2. The van der Waals surface area contributed by atoms with E-state index in [1.54, 1.807) is 43.0 Å². The quantitative estimate of drug-likeness (QED) is 0.783. The van der Waals surface area contributed by atoms with Gasteiger partial charge in [-0.2, -0.15) is 0 Å². The van der Waals surface area contributed by atoms with Gasteiger partial charge >= 0.3 is 6.03 Å². The number of rotatable bonds is 5. The normalized spacial score (nSPS) is 10.5. The Morgan fingerprint density at radius 3 is 2.96 bits per heavy atom. The van der Waals surface area contributed by atoms with Crippen molar-refractivity contribution in [3.8, 4) is 5.82 Å². The van der Waals surface area contributed by atoms with Crippen molar-refractivity contribution < 1.29 is 9.21 Å². The van der Waals surface area contributed by atoms with E-state index in [9.17, 15) is 4.79 Å². The molecule has 2 amide bonds. The van der Waals surface area contributed by atoms with Crippen molar-refractivity contribution in [3.63, 3.8) is 0 Å². The summed E-state index contributed by atoms with van der Waals surface area (Å²) in [6.07, 6.45) is 8.54. The van der Waals surface area contributed by atoms with Crippen LogP contribution in [0.5, 0.6) is 0 Å². The van der Waals surface area contributed by atoms with Gasteiger partial charge in [0.15, 0.2) is 0 Å². The van der Waals surface area contributed by atoms with E-state index in [2.05, 4.69) is 15.3 Å². The molecule has 0 saturated carbocycles. The lowest BCUT2D eigenvalue weighted by atomic mass is 10.3. The maximum absolute atomic E-state index is 12.0. The molecule has 0 aliphatic rings. The predicted molar refractivity (Wildman–Crippen MR) is 83.8 cm³/mol. The fourth-order valence-electron chi connectivity index (χ4n) is 2.09. The molecule has 0 fully saturated rings. The average molecular weight is 311 g/mol. The number of hydrogen-bond acceptors (Lipinski definition) is 4. The maximum Gasteiger partial charge on any atom is 0.317 e. The fraction of sp³-hybridized carbons (Fsp3) is 0.188. The van der Waals surface area contributed by atoms with Crippen LogP contribution in [0.3, 0.4) is 0 Å². The highest BCUT2D eigenvalue weighted by atomic mass is 16.3. The van der Waals surface area contributed by atoms with E-state index in [0.29, 0.717) is 13.1 Å². The Hall–Kier alpha value is -3.09. The minimum atomic E-state index is -0.167. The van der Waals surface area contributed by atoms with Crippen LogP contribution < -0.4 is 5.32 Å². The number of carbonyl (C=O) groups excluding carboxylic acids is 1. The van der Waals surface area contributed by atoms with Crippen LogP contribution in [0.2, 0.25) is 0 Å². The van der Waals surface area contributed by atoms with Crippen LogP contribution in [0.1, 0.15) is 11.3 Å². The summed E-state index contributed by atoms with van der Waals surface area (Å²) in [7, 11) is 1.72. The minimum absolute atomic E-state index is 0.167. The van der Waals surface area contributed by atoms with Gasteiger partial charge in [0.05, 0.1) is 12.8 Å². The zero-order valence-electron chi connectivity index (χ0n) is 12.7. The molecule has 0 spiro atoms. The first-order valence-electron chi connectivity index (χ1n) is 7.17. The van der Waals surface area contributed by atoms with Crippen molar-refractivity contribution >= 4 is 6.03 Å². The molecule has 0 saturated heterocycles. The van der Waals surface area contributed by atoms with Gasteiger partial charge in [0.1, 0.15) is 17.9 Å². The number of nitrogens with zero attached hydrogens (tertiary/aromatic N) is 4. The minimum Gasteiger partial charge on any atom is -0.467 e. The Morgan fingerprint density at radius 1 is 1.39 bits per heavy atom. The molecule has 7 nitrogen and oxygen atoms in total. The van der Waals surface area contributed by atoms with Crippen molar-refractivity contribution in [3.05, 3.63) is 66.8 Å². The molecule has 0 aromatic carbocycles. The number of imidazole rings is 1. The SMILES string of the molecule is CN(Cc1ccco1)C(=O)NCc1ccc(-n2ccnc2)nc1. The number of nitrogens with one attached hydrogen (secondary N) is 1. The van der Waals surface area contributed by atoms with Crippen LogP contribution in [-0.4, -0.2) is 32.5 Å². The fourth-order valence-corrected chi connectivity index (χ4v) is 2.09. The Morgan fingerprint density at radius 2 is 2.30 bits per heavy atom. The van der Waals surface area contributed by atoms with Gasteiger partial charge in [-0.25, -0.2) is 14.8 Å². The van der Waals surface area contributed by atoms with Gasteiger partial charge < -0.3 is 14.6 Å². The van der Waals surface area contributed by atoms with Gasteiger partial charge in [0.25, 0.3) is 0 Å². The number of aromatic nitrogens is 3. The summed E-state index contributed by atoms with van der Waals surface area (Å²) in [4.78, 5) is 21.9. The molecule has 1 N–H and O–H groups in total. The standard InChI is InChI=1S/C16H17N5O2/c1-20(11-14-3-2-8-23-14)16(22)19-10-13-4-5-15(18-9-13)21-7-6-17-12-21/h2-9,12H,10-11H2,1H3,(H,19,22). The predicted octanol–water partition coefficient (Wildman–Crippen LogP) is 2.20. The van der Waals surface area contributed by atoms with Crippen LogP contribution in [-0.2, 0) is 13.1 Å². The summed E-state index contributed by atoms with van der Waals surface area (Å²) < 4.78 is 7.05. The van der Waals surface area contributed by atoms with Gasteiger partial charge in [0, 0.05) is 32.2 Å². The molecule has 0 atom stereocenters. The topological polar surface area (TPSA) is 76.2 Å². The maximum atomic E-state index is 12.0. The van der Waals surface area contributed by atoms with Crippen LogP contribution >= 0.6 is 0 Å². The van der Waals surface area contributed by atoms with E-state index < -0.39 is 0 Å². The first-order chi connectivity index (χ1) is 11.2. The highest BCUT2D eigenvalue weighted by molar-refractivity contribution is 5.73. The van der Waals surface area contributed by atoms with Crippen molar-refractivity contribution in [2.45, 2.75) is 13.1 Å². The Bertz CT molecular complexity index is 735. The Kier molecular flexibility index (Phi) is 4.37. The Labute approximate surface area is 133 Å². The lowest BCUT2D eigenvalue weighted by Gasteiger charge is -2.16. The molecule has 0 aliphatic carbocycles. The highest BCUT2D eigenvalue weighted by Crippen LogP contribution is 2.06. The number of urea groups is 1. The van der Waals surface area contributed by atoms with Crippen LogP contribution in [0.15, 0.2) is 59.9 Å². The summed E-state index contributed by atoms with van der Waals surface area (Å²) in [6, 6.07) is 7.28. The molecule has 3 rings (SSSR count). The molecule has 118 valence electrons. The van der Waals surface area contributed by atoms with Gasteiger partial charge in [-0.1, -0.05) is 6.07 Å². The summed E-state index contributed by atoms with van der Waals surface area (Å²) in [6.45, 7) is 0.842. The second-order valence-corrected chi connectivity index (χ2v) is 5.09. The molecular formula is C16H17N5O2. The molecule has 0 unspecified atom stereocenters. The summed E-state index contributed by atoms with van der Waals surface area (Å²) in [5.41, 5.74) is 0.925.